The van der Waals surface area contributed by atoms with E-state index in [4.69, 9.17) is 16.3 Å². The third-order valence-electron chi connectivity index (χ3n) is 2.21. The average Bonchev–Trinajstić information content (AvgIpc) is 2.32. The Morgan fingerprint density at radius 1 is 1.12 bits per heavy atom. The minimum Gasteiger partial charge on any atom is -0.457 e. The zero-order chi connectivity index (χ0) is 12.3. The second-order valence-electron chi connectivity index (χ2n) is 3.44. The van der Waals surface area contributed by atoms with Gasteiger partial charge in [-0.15, -0.1) is 11.6 Å². The Labute approximate surface area is 127 Å². The van der Waals surface area contributed by atoms with Gasteiger partial charge in [0.25, 0.3) is 0 Å². The molecule has 0 saturated heterocycles. The normalized spacial score (nSPS) is 10.3. The molecule has 2 aromatic rings. The number of halogens is 3. The van der Waals surface area contributed by atoms with Crippen LogP contribution in [-0.4, -0.2) is 0 Å². The highest BCUT2D eigenvalue weighted by Crippen LogP contribution is 2.29. The van der Waals surface area contributed by atoms with Crippen molar-refractivity contribution in [3.05, 3.63) is 56.1 Å². The third-order valence-corrected chi connectivity index (χ3v) is 3.71. The smallest absolute Gasteiger partial charge is 0.132 e. The highest BCUT2D eigenvalue weighted by atomic mass is 127. The summed E-state index contributed by atoms with van der Waals surface area (Å²) < 4.78 is 7.98. The van der Waals surface area contributed by atoms with E-state index in [1.165, 1.54) is 3.57 Å². The van der Waals surface area contributed by atoms with Gasteiger partial charge in [0.1, 0.15) is 11.5 Å². The minimum absolute atomic E-state index is 0.437. The van der Waals surface area contributed by atoms with Crippen molar-refractivity contribution in [3.8, 4) is 11.5 Å². The summed E-state index contributed by atoms with van der Waals surface area (Å²) >= 11 is 11.6. The number of alkyl halides is 1. The summed E-state index contributed by atoms with van der Waals surface area (Å²) in [5.41, 5.74) is 0.980. The Bertz CT molecular complexity index is 513. The lowest BCUT2D eigenvalue weighted by Crippen LogP contribution is -1.89. The van der Waals surface area contributed by atoms with Crippen LogP contribution in [0.25, 0.3) is 0 Å². The van der Waals surface area contributed by atoms with Crippen LogP contribution < -0.4 is 4.74 Å². The summed E-state index contributed by atoms with van der Waals surface area (Å²) in [7, 11) is 0. The van der Waals surface area contributed by atoms with Crippen LogP contribution in [0.4, 0.5) is 0 Å². The molecule has 0 fully saturated rings. The molecule has 0 radical (unpaired) electrons. The molecule has 0 heterocycles. The number of ether oxygens (including phenoxy) is 1. The van der Waals surface area contributed by atoms with E-state index in [-0.39, 0.29) is 0 Å². The van der Waals surface area contributed by atoms with Crippen LogP contribution in [0.15, 0.2) is 46.9 Å². The maximum absolute atomic E-state index is 5.88. The van der Waals surface area contributed by atoms with Gasteiger partial charge >= 0.3 is 0 Å². The van der Waals surface area contributed by atoms with Gasteiger partial charge in [0, 0.05) is 13.6 Å². The molecule has 0 aliphatic carbocycles. The quantitative estimate of drug-likeness (QED) is 0.462. The SMILES string of the molecule is ClCc1ccc(Br)cc1Oc1ccc(I)cc1. The Hall–Kier alpha value is -0.260. The molecule has 2 aromatic carbocycles. The van der Waals surface area contributed by atoms with Gasteiger partial charge in [0.2, 0.25) is 0 Å². The largest absolute Gasteiger partial charge is 0.457 e. The van der Waals surface area contributed by atoms with E-state index in [0.29, 0.717) is 5.88 Å². The predicted octanol–water partition coefficient (Wildman–Crippen LogP) is 5.58. The molecule has 0 N–H and O–H groups in total. The number of hydrogen-bond donors (Lipinski definition) is 0. The molecule has 0 aromatic heterocycles. The van der Waals surface area contributed by atoms with Crippen LogP contribution >= 0.6 is 50.1 Å². The second-order valence-corrected chi connectivity index (χ2v) is 5.87. The Kier molecular flexibility index (Phi) is 4.70. The molecule has 0 atom stereocenters. The second kappa shape index (κ2) is 6.07. The van der Waals surface area contributed by atoms with Crippen LogP contribution in [0.1, 0.15) is 5.56 Å². The molecular formula is C13H9BrClIO. The van der Waals surface area contributed by atoms with E-state index < -0.39 is 0 Å². The molecule has 0 saturated carbocycles. The fraction of sp³-hybridized carbons (Fsp3) is 0.0769. The van der Waals surface area contributed by atoms with Gasteiger partial charge < -0.3 is 4.74 Å². The molecule has 2 rings (SSSR count). The van der Waals surface area contributed by atoms with E-state index in [1.807, 2.05) is 42.5 Å². The first-order valence-electron chi connectivity index (χ1n) is 4.97. The van der Waals surface area contributed by atoms with Crippen molar-refractivity contribution < 1.29 is 4.74 Å². The molecule has 1 nitrogen and oxygen atoms in total. The van der Waals surface area contributed by atoms with E-state index in [9.17, 15) is 0 Å². The summed E-state index contributed by atoms with van der Waals surface area (Å²) in [6.45, 7) is 0. The van der Waals surface area contributed by atoms with Gasteiger partial charge in [-0.05, 0) is 59.0 Å². The summed E-state index contributed by atoms with van der Waals surface area (Å²) in [4.78, 5) is 0. The average molecular weight is 423 g/mol. The number of benzene rings is 2. The predicted molar refractivity (Wildman–Crippen MR) is 82.9 cm³/mol. The molecule has 88 valence electrons. The zero-order valence-corrected chi connectivity index (χ0v) is 13.3. The first-order valence-corrected chi connectivity index (χ1v) is 7.37. The summed E-state index contributed by atoms with van der Waals surface area (Å²) in [5, 5.41) is 0. The maximum atomic E-state index is 5.88. The lowest BCUT2D eigenvalue weighted by atomic mass is 10.2. The van der Waals surface area contributed by atoms with E-state index in [1.54, 1.807) is 0 Å². The van der Waals surface area contributed by atoms with Crippen molar-refractivity contribution in [1.29, 1.82) is 0 Å². The zero-order valence-electron chi connectivity index (χ0n) is 8.79. The molecule has 0 amide bonds. The van der Waals surface area contributed by atoms with Gasteiger partial charge in [-0.1, -0.05) is 22.0 Å². The molecule has 4 heteroatoms. The Morgan fingerprint density at radius 2 is 1.82 bits per heavy atom. The van der Waals surface area contributed by atoms with Gasteiger partial charge in [-0.3, -0.25) is 0 Å². The molecule has 0 aliphatic heterocycles. The minimum atomic E-state index is 0.437. The summed E-state index contributed by atoms with van der Waals surface area (Å²) in [6, 6.07) is 13.7. The van der Waals surface area contributed by atoms with Crippen LogP contribution in [0, 0.1) is 3.57 Å². The molecular weight excluding hydrogens is 414 g/mol. The van der Waals surface area contributed by atoms with Crippen molar-refractivity contribution in [1.82, 2.24) is 0 Å². The number of rotatable bonds is 3. The molecule has 0 bridgehead atoms. The highest BCUT2D eigenvalue weighted by Gasteiger charge is 2.05. The van der Waals surface area contributed by atoms with Crippen LogP contribution in [0.3, 0.4) is 0 Å². The molecule has 0 aliphatic rings. The van der Waals surface area contributed by atoms with Crippen molar-refractivity contribution >= 4 is 50.1 Å². The van der Waals surface area contributed by atoms with E-state index in [2.05, 4.69) is 38.5 Å². The Balaban J connectivity index is 2.28. The fourth-order valence-electron chi connectivity index (χ4n) is 1.36. The topological polar surface area (TPSA) is 9.23 Å². The summed E-state index contributed by atoms with van der Waals surface area (Å²) in [5.74, 6) is 2.04. The van der Waals surface area contributed by atoms with E-state index >= 15 is 0 Å². The van der Waals surface area contributed by atoms with Gasteiger partial charge in [0.15, 0.2) is 0 Å². The van der Waals surface area contributed by atoms with Crippen LogP contribution in [0.2, 0.25) is 0 Å². The lowest BCUT2D eigenvalue weighted by Gasteiger charge is -2.10. The van der Waals surface area contributed by atoms with Crippen molar-refractivity contribution in [2.45, 2.75) is 5.88 Å². The maximum Gasteiger partial charge on any atom is 0.132 e. The van der Waals surface area contributed by atoms with Crippen LogP contribution in [-0.2, 0) is 5.88 Å². The summed E-state index contributed by atoms with van der Waals surface area (Å²) in [6.07, 6.45) is 0. The van der Waals surface area contributed by atoms with Gasteiger partial charge in [-0.2, -0.15) is 0 Å². The van der Waals surface area contributed by atoms with Gasteiger partial charge in [-0.25, -0.2) is 0 Å². The first kappa shape index (κ1) is 13.2. The van der Waals surface area contributed by atoms with Crippen molar-refractivity contribution in [3.63, 3.8) is 0 Å². The molecule has 0 spiro atoms. The van der Waals surface area contributed by atoms with Crippen molar-refractivity contribution in [2.24, 2.45) is 0 Å². The Morgan fingerprint density at radius 3 is 2.47 bits per heavy atom. The number of hydrogen-bond acceptors (Lipinski definition) is 1. The third kappa shape index (κ3) is 3.60. The highest BCUT2D eigenvalue weighted by molar-refractivity contribution is 14.1. The fourth-order valence-corrected chi connectivity index (χ4v) is 2.28. The lowest BCUT2D eigenvalue weighted by molar-refractivity contribution is 0.478. The standard InChI is InChI=1S/C13H9BrClIO/c14-10-2-1-9(8-15)13(7-10)17-12-5-3-11(16)4-6-12/h1-7H,8H2. The molecule has 0 unspecified atom stereocenters. The first-order chi connectivity index (χ1) is 8.19. The monoisotopic (exact) mass is 422 g/mol. The van der Waals surface area contributed by atoms with Gasteiger partial charge in [0.05, 0.1) is 5.88 Å². The van der Waals surface area contributed by atoms with Crippen molar-refractivity contribution in [2.75, 3.05) is 0 Å². The molecule has 17 heavy (non-hydrogen) atoms. The van der Waals surface area contributed by atoms with E-state index in [0.717, 1.165) is 21.5 Å². The van der Waals surface area contributed by atoms with Crippen LogP contribution in [0.5, 0.6) is 11.5 Å².